The molecule has 0 aromatic rings. The van der Waals surface area contributed by atoms with Crippen molar-refractivity contribution in [1.82, 2.24) is 0 Å². The first-order valence-electron chi connectivity index (χ1n) is 19.5. The minimum absolute atomic E-state index is 0.901. The van der Waals surface area contributed by atoms with E-state index in [0.717, 1.165) is 94.7 Å². The minimum Gasteiger partial charge on any atom is -0.0625 e. The van der Waals surface area contributed by atoms with E-state index in [2.05, 4.69) is 111 Å². The molecule has 0 bridgehead atoms. The van der Waals surface area contributed by atoms with Crippen LogP contribution in [0.15, 0.2) is 0 Å². The standard InChI is InChI=1S/C12H24.C11H22.C10H20.C9H18/c1-9(2)11-7-5-6-8-12(11)10(3)4;1-8(2)10-6-5-7-11(10)9(3)4;1-7(2)9-5-6-10(9)8(3)4;1-6(2)8-5-9(8)7(3)4/h9-12H,5-8H2,1-4H3;8-11H,5-7H2,1-4H3;7-10H,5-6H2,1-4H3;6-9H,5H2,1-4H3. The smallest absolute Gasteiger partial charge is 0.0357 e. The van der Waals surface area contributed by atoms with Gasteiger partial charge in [0.25, 0.3) is 0 Å². The average molecular weight is 589 g/mol. The summed E-state index contributed by atoms with van der Waals surface area (Å²) in [4.78, 5) is 0. The Bertz CT molecular complexity index is 608. The van der Waals surface area contributed by atoms with Crippen molar-refractivity contribution in [2.24, 2.45) is 94.7 Å². The van der Waals surface area contributed by atoms with E-state index < -0.39 is 0 Å². The first kappa shape index (κ1) is 40.0. The van der Waals surface area contributed by atoms with Crippen molar-refractivity contribution >= 4 is 0 Å². The summed E-state index contributed by atoms with van der Waals surface area (Å²) < 4.78 is 0. The summed E-state index contributed by atoms with van der Waals surface area (Å²) in [5.74, 6) is 15.6. The Morgan fingerprint density at radius 1 is 0.238 bits per heavy atom. The van der Waals surface area contributed by atoms with Crippen molar-refractivity contribution < 1.29 is 0 Å². The summed E-state index contributed by atoms with van der Waals surface area (Å²) in [5.41, 5.74) is 0. The highest BCUT2D eigenvalue weighted by atomic mass is 14.5. The van der Waals surface area contributed by atoms with Crippen molar-refractivity contribution in [3.05, 3.63) is 0 Å². The van der Waals surface area contributed by atoms with Crippen molar-refractivity contribution in [2.45, 2.75) is 175 Å². The Morgan fingerprint density at radius 2 is 0.429 bits per heavy atom. The fourth-order valence-corrected chi connectivity index (χ4v) is 9.49. The van der Waals surface area contributed by atoms with Crippen LogP contribution < -0.4 is 0 Å². The Balaban J connectivity index is 0.000000281. The molecule has 0 spiro atoms. The van der Waals surface area contributed by atoms with Crippen LogP contribution in [0.5, 0.6) is 0 Å². The summed E-state index contributed by atoms with van der Waals surface area (Å²) in [5, 5.41) is 0. The van der Waals surface area contributed by atoms with Crippen molar-refractivity contribution in [1.29, 1.82) is 0 Å². The quantitative estimate of drug-likeness (QED) is 0.264. The minimum atomic E-state index is 0.901. The average Bonchev–Trinajstić information content (AvgIpc) is 3.52. The van der Waals surface area contributed by atoms with Crippen LogP contribution in [0.25, 0.3) is 0 Å². The lowest BCUT2D eigenvalue weighted by Gasteiger charge is -2.42. The monoisotopic (exact) mass is 589 g/mol. The third-order valence-corrected chi connectivity index (χ3v) is 12.6. The summed E-state index contributed by atoms with van der Waals surface area (Å²) >= 11 is 0. The molecule has 4 rings (SSSR count). The largest absolute Gasteiger partial charge is 0.0625 e. The van der Waals surface area contributed by atoms with E-state index in [9.17, 15) is 0 Å². The second kappa shape index (κ2) is 19.5. The first-order chi connectivity index (χ1) is 19.5. The van der Waals surface area contributed by atoms with Gasteiger partial charge in [-0.25, -0.2) is 0 Å². The second-order valence-electron chi connectivity index (χ2n) is 18.3. The predicted molar refractivity (Wildman–Crippen MR) is 193 cm³/mol. The molecule has 4 fully saturated rings. The van der Waals surface area contributed by atoms with Gasteiger partial charge in [0.2, 0.25) is 0 Å². The Labute approximate surface area is 269 Å². The third-order valence-electron chi connectivity index (χ3n) is 12.6. The van der Waals surface area contributed by atoms with Crippen LogP contribution >= 0.6 is 0 Å². The topological polar surface area (TPSA) is 0 Å². The zero-order valence-electron chi connectivity index (χ0n) is 32.3. The summed E-state index contributed by atoms with van der Waals surface area (Å²) in [7, 11) is 0. The first-order valence-corrected chi connectivity index (χ1v) is 19.5. The van der Waals surface area contributed by atoms with Crippen LogP contribution in [0.1, 0.15) is 175 Å². The lowest BCUT2D eigenvalue weighted by atomic mass is 9.64. The maximum absolute atomic E-state index is 2.39. The molecule has 0 heterocycles. The van der Waals surface area contributed by atoms with Gasteiger partial charge in [-0.15, -0.1) is 0 Å². The molecule has 4 aliphatic rings. The highest BCUT2D eigenvalue weighted by Gasteiger charge is 2.40. The van der Waals surface area contributed by atoms with E-state index in [1.165, 1.54) is 64.2 Å². The maximum atomic E-state index is 2.39. The van der Waals surface area contributed by atoms with E-state index >= 15 is 0 Å². The lowest BCUT2D eigenvalue weighted by molar-refractivity contribution is 0.0793. The zero-order valence-corrected chi connectivity index (χ0v) is 32.3. The molecule has 4 saturated carbocycles. The van der Waals surface area contributed by atoms with Gasteiger partial charge in [0.05, 0.1) is 0 Å². The summed E-state index contributed by atoms with van der Waals surface area (Å²) in [6.45, 7) is 37.9. The number of hydrogen-bond acceptors (Lipinski definition) is 0. The van der Waals surface area contributed by atoms with Crippen LogP contribution in [-0.2, 0) is 0 Å². The summed E-state index contributed by atoms with van der Waals surface area (Å²) in [6, 6.07) is 0. The maximum Gasteiger partial charge on any atom is -0.0357 e. The fourth-order valence-electron chi connectivity index (χ4n) is 9.49. The van der Waals surface area contributed by atoms with Gasteiger partial charge in [-0.05, 0) is 140 Å². The van der Waals surface area contributed by atoms with Crippen molar-refractivity contribution in [2.75, 3.05) is 0 Å². The molecule has 4 aliphatic carbocycles. The van der Waals surface area contributed by atoms with Crippen molar-refractivity contribution in [3.8, 4) is 0 Å². The van der Waals surface area contributed by atoms with Gasteiger partial charge in [-0.2, -0.15) is 0 Å². The number of rotatable bonds is 8. The molecule has 0 heteroatoms. The Morgan fingerprint density at radius 3 is 0.595 bits per heavy atom. The van der Waals surface area contributed by atoms with Crippen LogP contribution in [-0.4, -0.2) is 0 Å². The van der Waals surface area contributed by atoms with E-state index in [1.807, 2.05) is 0 Å². The van der Waals surface area contributed by atoms with Gasteiger partial charge in [-0.1, -0.05) is 130 Å². The van der Waals surface area contributed by atoms with Gasteiger partial charge in [0.1, 0.15) is 0 Å². The molecule has 0 N–H and O–H groups in total. The molecule has 252 valence electrons. The third kappa shape index (κ3) is 13.2. The molecule has 0 aromatic heterocycles. The molecule has 0 amide bonds. The van der Waals surface area contributed by atoms with Crippen LogP contribution in [0.2, 0.25) is 0 Å². The number of hydrogen-bond donors (Lipinski definition) is 0. The molecule has 0 radical (unpaired) electrons. The lowest BCUT2D eigenvalue weighted by Crippen LogP contribution is -2.33. The van der Waals surface area contributed by atoms with E-state index in [-0.39, 0.29) is 0 Å². The molecule has 42 heavy (non-hydrogen) atoms. The Hall–Kier alpha value is 0. The second-order valence-corrected chi connectivity index (χ2v) is 18.3. The Kier molecular flexibility index (Phi) is 18.6. The van der Waals surface area contributed by atoms with E-state index in [0.29, 0.717) is 0 Å². The highest BCUT2D eigenvalue weighted by molar-refractivity contribution is 4.90. The SMILES string of the molecule is CC(C)C1CC1C(C)C.CC(C)C1CCC1C(C)C.CC(C)C1CCCC1C(C)C.CC(C)C1CCCCC1C(C)C. The van der Waals surface area contributed by atoms with Crippen LogP contribution in [0, 0.1) is 94.7 Å². The molecule has 8 unspecified atom stereocenters. The summed E-state index contributed by atoms with van der Waals surface area (Å²) in [6.07, 6.45) is 14.8. The molecular weight excluding hydrogens is 504 g/mol. The highest BCUT2D eigenvalue weighted by Crippen LogP contribution is 2.48. The van der Waals surface area contributed by atoms with E-state index in [4.69, 9.17) is 0 Å². The molecule has 0 nitrogen and oxygen atoms in total. The molecule has 0 saturated heterocycles. The fraction of sp³-hybridized carbons (Fsp3) is 1.00. The van der Waals surface area contributed by atoms with Crippen LogP contribution in [0.4, 0.5) is 0 Å². The normalized spacial score (nSPS) is 32.6. The van der Waals surface area contributed by atoms with E-state index in [1.54, 1.807) is 0 Å². The molecule has 8 atom stereocenters. The van der Waals surface area contributed by atoms with Gasteiger partial charge >= 0.3 is 0 Å². The molecule has 0 aliphatic heterocycles. The van der Waals surface area contributed by atoms with Gasteiger partial charge in [0.15, 0.2) is 0 Å². The van der Waals surface area contributed by atoms with Gasteiger partial charge in [0, 0.05) is 0 Å². The zero-order chi connectivity index (χ0) is 32.3. The van der Waals surface area contributed by atoms with Crippen molar-refractivity contribution in [3.63, 3.8) is 0 Å². The van der Waals surface area contributed by atoms with Crippen LogP contribution in [0.3, 0.4) is 0 Å². The molecular formula is C42H84. The van der Waals surface area contributed by atoms with Gasteiger partial charge < -0.3 is 0 Å². The molecule has 0 aromatic carbocycles. The van der Waals surface area contributed by atoms with Gasteiger partial charge in [-0.3, -0.25) is 0 Å². The predicted octanol–water partition coefficient (Wildman–Crippen LogP) is 14.1.